The SMILES string of the molecule is Cc1cccc(NC(=O)CC(c2ccccc2)c2ccccc2)n1. The van der Waals surface area contributed by atoms with Gasteiger partial charge in [-0.2, -0.15) is 0 Å². The number of amides is 1. The molecular weight excluding hydrogens is 296 g/mol. The van der Waals surface area contributed by atoms with Crippen LogP contribution in [0.2, 0.25) is 0 Å². The Morgan fingerprint density at radius 3 is 2.00 bits per heavy atom. The highest BCUT2D eigenvalue weighted by Gasteiger charge is 2.18. The summed E-state index contributed by atoms with van der Waals surface area (Å²) in [5.41, 5.74) is 3.16. The van der Waals surface area contributed by atoms with E-state index in [0.29, 0.717) is 12.2 Å². The third-order valence-corrected chi connectivity index (χ3v) is 3.95. The second-order valence-corrected chi connectivity index (χ2v) is 5.79. The number of nitrogens with one attached hydrogen (secondary N) is 1. The van der Waals surface area contributed by atoms with E-state index in [1.807, 2.05) is 61.5 Å². The molecule has 1 N–H and O–H groups in total. The Kier molecular flexibility index (Phi) is 5.02. The Labute approximate surface area is 142 Å². The van der Waals surface area contributed by atoms with E-state index in [1.54, 1.807) is 0 Å². The number of anilines is 1. The van der Waals surface area contributed by atoms with Crippen LogP contribution in [0.5, 0.6) is 0 Å². The van der Waals surface area contributed by atoms with Crippen molar-refractivity contribution in [2.45, 2.75) is 19.3 Å². The summed E-state index contributed by atoms with van der Waals surface area (Å²) < 4.78 is 0. The molecule has 3 heteroatoms. The number of carbonyl (C=O) groups is 1. The average molecular weight is 316 g/mol. The standard InChI is InChI=1S/C21H20N2O/c1-16-9-8-14-20(22-16)23-21(24)15-19(17-10-4-2-5-11-17)18-12-6-3-7-13-18/h2-14,19H,15H2,1H3,(H,22,23,24). The molecule has 1 aromatic heterocycles. The summed E-state index contributed by atoms with van der Waals surface area (Å²) in [5, 5.41) is 2.90. The molecule has 0 saturated heterocycles. The van der Waals surface area contributed by atoms with Gasteiger partial charge in [-0.1, -0.05) is 66.7 Å². The van der Waals surface area contributed by atoms with Gasteiger partial charge in [0, 0.05) is 18.0 Å². The minimum atomic E-state index is -0.0363. The van der Waals surface area contributed by atoms with Crippen molar-refractivity contribution in [2.24, 2.45) is 0 Å². The Hall–Kier alpha value is -2.94. The van der Waals surface area contributed by atoms with Gasteiger partial charge < -0.3 is 5.32 Å². The lowest BCUT2D eigenvalue weighted by Gasteiger charge is -2.17. The van der Waals surface area contributed by atoms with Crippen LogP contribution in [-0.4, -0.2) is 10.9 Å². The summed E-state index contributed by atoms with van der Waals surface area (Å²) in [5.74, 6) is 0.586. The fourth-order valence-electron chi connectivity index (χ4n) is 2.79. The van der Waals surface area contributed by atoms with Crippen LogP contribution in [-0.2, 0) is 4.79 Å². The molecule has 0 aliphatic rings. The number of hydrogen-bond donors (Lipinski definition) is 1. The lowest BCUT2D eigenvalue weighted by molar-refractivity contribution is -0.116. The highest BCUT2D eigenvalue weighted by Crippen LogP contribution is 2.28. The van der Waals surface area contributed by atoms with Gasteiger partial charge >= 0.3 is 0 Å². The maximum atomic E-state index is 12.5. The van der Waals surface area contributed by atoms with Crippen LogP contribution in [0.15, 0.2) is 78.9 Å². The van der Waals surface area contributed by atoms with Crippen LogP contribution in [0.3, 0.4) is 0 Å². The largest absolute Gasteiger partial charge is 0.311 e. The number of benzene rings is 2. The molecule has 0 aliphatic heterocycles. The first-order chi connectivity index (χ1) is 11.7. The molecule has 0 aliphatic carbocycles. The first-order valence-corrected chi connectivity index (χ1v) is 8.06. The molecule has 2 aromatic carbocycles. The molecule has 3 aromatic rings. The Bertz CT molecular complexity index is 761. The van der Waals surface area contributed by atoms with Crippen LogP contribution in [0.25, 0.3) is 0 Å². The minimum absolute atomic E-state index is 0.0252. The summed E-state index contributed by atoms with van der Waals surface area (Å²) in [7, 11) is 0. The average Bonchev–Trinajstić information content (AvgIpc) is 2.61. The molecule has 0 bridgehead atoms. The quantitative estimate of drug-likeness (QED) is 0.750. The Morgan fingerprint density at radius 2 is 1.46 bits per heavy atom. The zero-order valence-corrected chi connectivity index (χ0v) is 13.6. The molecular formula is C21H20N2O. The van der Waals surface area contributed by atoms with Gasteiger partial charge in [-0.25, -0.2) is 4.98 Å². The van der Waals surface area contributed by atoms with Crippen molar-refractivity contribution in [1.82, 2.24) is 4.98 Å². The topological polar surface area (TPSA) is 42.0 Å². The van der Waals surface area contributed by atoms with Gasteiger partial charge in [0.2, 0.25) is 5.91 Å². The monoisotopic (exact) mass is 316 g/mol. The number of nitrogens with zero attached hydrogens (tertiary/aromatic N) is 1. The first-order valence-electron chi connectivity index (χ1n) is 8.06. The van der Waals surface area contributed by atoms with E-state index in [2.05, 4.69) is 34.6 Å². The van der Waals surface area contributed by atoms with Crippen LogP contribution in [0.1, 0.15) is 29.2 Å². The van der Waals surface area contributed by atoms with Gasteiger partial charge in [-0.3, -0.25) is 4.79 Å². The van der Waals surface area contributed by atoms with Crippen molar-refractivity contribution >= 4 is 11.7 Å². The fourth-order valence-corrected chi connectivity index (χ4v) is 2.79. The smallest absolute Gasteiger partial charge is 0.226 e. The number of hydrogen-bond acceptors (Lipinski definition) is 2. The van der Waals surface area contributed by atoms with E-state index in [-0.39, 0.29) is 11.8 Å². The van der Waals surface area contributed by atoms with E-state index >= 15 is 0 Å². The third kappa shape index (κ3) is 4.07. The zero-order chi connectivity index (χ0) is 16.8. The molecule has 0 unspecified atom stereocenters. The third-order valence-electron chi connectivity index (χ3n) is 3.95. The van der Waals surface area contributed by atoms with Crippen molar-refractivity contribution in [2.75, 3.05) is 5.32 Å². The highest BCUT2D eigenvalue weighted by molar-refractivity contribution is 5.90. The zero-order valence-electron chi connectivity index (χ0n) is 13.6. The summed E-state index contributed by atoms with van der Waals surface area (Å²) >= 11 is 0. The van der Waals surface area contributed by atoms with Crippen LogP contribution >= 0.6 is 0 Å². The van der Waals surface area contributed by atoms with E-state index in [1.165, 1.54) is 0 Å². The fraction of sp³-hybridized carbons (Fsp3) is 0.143. The van der Waals surface area contributed by atoms with Gasteiger partial charge in [-0.05, 0) is 30.2 Å². The van der Waals surface area contributed by atoms with Gasteiger partial charge in [0.05, 0.1) is 0 Å². The molecule has 0 radical (unpaired) electrons. The van der Waals surface area contributed by atoms with Gasteiger partial charge in [0.25, 0.3) is 0 Å². The molecule has 0 atom stereocenters. The number of aromatic nitrogens is 1. The van der Waals surface area contributed by atoms with Crippen LogP contribution < -0.4 is 5.32 Å². The predicted octanol–water partition coefficient (Wildman–Crippen LogP) is 4.55. The van der Waals surface area contributed by atoms with E-state index in [0.717, 1.165) is 16.8 Å². The normalized spacial score (nSPS) is 10.6. The van der Waals surface area contributed by atoms with E-state index in [4.69, 9.17) is 0 Å². The lowest BCUT2D eigenvalue weighted by Crippen LogP contribution is -2.17. The molecule has 3 nitrogen and oxygen atoms in total. The molecule has 3 rings (SSSR count). The summed E-state index contributed by atoms with van der Waals surface area (Å²) in [6.07, 6.45) is 0.379. The number of rotatable bonds is 5. The predicted molar refractivity (Wildman–Crippen MR) is 96.9 cm³/mol. The van der Waals surface area contributed by atoms with Crippen molar-refractivity contribution in [3.8, 4) is 0 Å². The second kappa shape index (κ2) is 7.55. The van der Waals surface area contributed by atoms with Crippen molar-refractivity contribution in [3.05, 3.63) is 95.7 Å². The van der Waals surface area contributed by atoms with Crippen molar-refractivity contribution in [3.63, 3.8) is 0 Å². The van der Waals surface area contributed by atoms with Crippen LogP contribution in [0, 0.1) is 6.92 Å². The number of carbonyl (C=O) groups excluding carboxylic acids is 1. The van der Waals surface area contributed by atoms with E-state index < -0.39 is 0 Å². The van der Waals surface area contributed by atoms with Crippen LogP contribution in [0.4, 0.5) is 5.82 Å². The lowest BCUT2D eigenvalue weighted by atomic mass is 9.88. The molecule has 0 saturated carbocycles. The first kappa shape index (κ1) is 15.9. The number of aryl methyl sites for hydroxylation is 1. The molecule has 120 valence electrons. The van der Waals surface area contributed by atoms with E-state index in [9.17, 15) is 4.79 Å². The molecule has 0 fully saturated rings. The molecule has 1 amide bonds. The molecule has 1 heterocycles. The van der Waals surface area contributed by atoms with Gasteiger partial charge in [0.1, 0.15) is 5.82 Å². The Balaban J connectivity index is 1.80. The number of pyridine rings is 1. The van der Waals surface area contributed by atoms with Gasteiger partial charge in [-0.15, -0.1) is 0 Å². The molecule has 0 spiro atoms. The Morgan fingerprint density at radius 1 is 0.875 bits per heavy atom. The maximum absolute atomic E-state index is 12.5. The minimum Gasteiger partial charge on any atom is -0.311 e. The van der Waals surface area contributed by atoms with Crippen molar-refractivity contribution in [1.29, 1.82) is 0 Å². The summed E-state index contributed by atoms with van der Waals surface area (Å²) in [4.78, 5) is 16.9. The van der Waals surface area contributed by atoms with Crippen molar-refractivity contribution < 1.29 is 4.79 Å². The second-order valence-electron chi connectivity index (χ2n) is 5.79. The van der Waals surface area contributed by atoms with Gasteiger partial charge in [0.15, 0.2) is 0 Å². The highest BCUT2D eigenvalue weighted by atomic mass is 16.1. The summed E-state index contributed by atoms with van der Waals surface area (Å²) in [6, 6.07) is 25.9. The summed E-state index contributed by atoms with van der Waals surface area (Å²) in [6.45, 7) is 1.91. The molecule has 24 heavy (non-hydrogen) atoms. The maximum Gasteiger partial charge on any atom is 0.226 e.